The molecule has 3 heterocycles. The molecule has 1 aromatic carbocycles. The Hall–Kier alpha value is -2.18. The molecular weight excluding hydrogens is 394 g/mol. The predicted octanol–water partition coefficient (Wildman–Crippen LogP) is 3.90. The number of thiophene rings is 1. The maximum Gasteiger partial charge on any atom is 0.254 e. The maximum absolute atomic E-state index is 13.4. The van der Waals surface area contributed by atoms with Gasteiger partial charge in [-0.2, -0.15) is 0 Å². The summed E-state index contributed by atoms with van der Waals surface area (Å²) in [7, 11) is 1.81. The zero-order valence-corrected chi connectivity index (χ0v) is 18.7. The minimum atomic E-state index is -0.391. The van der Waals surface area contributed by atoms with Crippen LogP contribution in [0.15, 0.2) is 41.8 Å². The number of benzene rings is 1. The molecule has 0 bridgehead atoms. The standard InChI is InChI=1S/C24H31N3O2S/c1-17-8-5-13-27(16-17)14-7-12-25-23(28)21-18-9-3-4-10-19(18)24(29)26(2)22(21)20-11-6-15-30-20/h3-4,6,9-11,15,17,21-22H,5,7-8,12-14,16H2,1-2H3,(H,25,28)/t17-,21+,22-/m1/s1. The number of hydrogen-bond acceptors (Lipinski definition) is 4. The van der Waals surface area contributed by atoms with Crippen LogP contribution in [0.25, 0.3) is 0 Å². The quantitative estimate of drug-likeness (QED) is 0.714. The minimum Gasteiger partial charge on any atom is -0.355 e. The highest BCUT2D eigenvalue weighted by molar-refractivity contribution is 7.10. The lowest BCUT2D eigenvalue weighted by Gasteiger charge is -2.39. The van der Waals surface area contributed by atoms with Crippen molar-refractivity contribution in [1.29, 1.82) is 0 Å². The van der Waals surface area contributed by atoms with Crippen molar-refractivity contribution in [2.24, 2.45) is 5.92 Å². The lowest BCUT2D eigenvalue weighted by atomic mass is 9.81. The summed E-state index contributed by atoms with van der Waals surface area (Å²) >= 11 is 1.60. The molecule has 4 rings (SSSR count). The number of nitrogens with zero attached hydrogens (tertiary/aromatic N) is 2. The molecule has 3 atom stereocenters. The van der Waals surface area contributed by atoms with Gasteiger partial charge in [0.05, 0.1) is 12.0 Å². The second-order valence-corrected chi connectivity index (χ2v) is 9.61. The number of fused-ring (bicyclic) bond motifs is 1. The number of carbonyl (C=O) groups is 2. The van der Waals surface area contributed by atoms with Gasteiger partial charge in [0.1, 0.15) is 0 Å². The van der Waals surface area contributed by atoms with E-state index in [2.05, 4.69) is 17.1 Å². The van der Waals surface area contributed by atoms with E-state index >= 15 is 0 Å². The van der Waals surface area contributed by atoms with Gasteiger partial charge in [-0.3, -0.25) is 9.59 Å². The van der Waals surface area contributed by atoms with E-state index < -0.39 is 5.92 Å². The van der Waals surface area contributed by atoms with Gasteiger partial charge in [-0.15, -0.1) is 11.3 Å². The fraction of sp³-hybridized carbons (Fsp3) is 0.500. The van der Waals surface area contributed by atoms with Gasteiger partial charge in [0, 0.05) is 30.6 Å². The largest absolute Gasteiger partial charge is 0.355 e. The molecule has 1 N–H and O–H groups in total. The molecule has 0 saturated carbocycles. The van der Waals surface area contributed by atoms with E-state index in [4.69, 9.17) is 0 Å². The van der Waals surface area contributed by atoms with Crippen LogP contribution in [0, 0.1) is 5.92 Å². The van der Waals surface area contributed by atoms with Crippen molar-refractivity contribution in [2.45, 2.75) is 38.1 Å². The molecule has 0 radical (unpaired) electrons. The van der Waals surface area contributed by atoms with Crippen molar-refractivity contribution >= 4 is 23.2 Å². The summed E-state index contributed by atoms with van der Waals surface area (Å²) < 4.78 is 0. The molecule has 1 fully saturated rings. The topological polar surface area (TPSA) is 52.7 Å². The third kappa shape index (κ3) is 4.30. The molecule has 2 aromatic rings. The summed E-state index contributed by atoms with van der Waals surface area (Å²) in [5.74, 6) is 0.365. The molecular formula is C24H31N3O2S. The van der Waals surface area contributed by atoms with Crippen molar-refractivity contribution in [3.63, 3.8) is 0 Å². The molecule has 0 unspecified atom stereocenters. The number of amides is 2. The van der Waals surface area contributed by atoms with Crippen LogP contribution in [0.2, 0.25) is 0 Å². The summed E-state index contributed by atoms with van der Waals surface area (Å²) in [5.41, 5.74) is 1.47. The molecule has 6 heteroatoms. The van der Waals surface area contributed by atoms with E-state index in [0.29, 0.717) is 12.1 Å². The van der Waals surface area contributed by atoms with Gasteiger partial charge in [-0.05, 0) is 61.3 Å². The van der Waals surface area contributed by atoms with Crippen LogP contribution in [0.1, 0.15) is 58.9 Å². The maximum atomic E-state index is 13.4. The summed E-state index contributed by atoms with van der Waals surface area (Å²) in [4.78, 5) is 31.6. The Morgan fingerprint density at radius 2 is 2.07 bits per heavy atom. The number of likely N-dealkylation sites (N-methyl/N-ethyl adjacent to an activating group) is 1. The molecule has 0 spiro atoms. The van der Waals surface area contributed by atoms with Crippen LogP contribution in [-0.4, -0.2) is 54.8 Å². The molecule has 2 aliphatic heterocycles. The highest BCUT2D eigenvalue weighted by Gasteiger charge is 2.42. The zero-order valence-electron chi connectivity index (χ0n) is 17.8. The SMILES string of the molecule is C[C@@H]1CCCN(CCCNC(=O)[C@H]2c3ccccc3C(=O)N(C)[C@@H]2c2cccs2)C1. The predicted molar refractivity (Wildman–Crippen MR) is 121 cm³/mol. The van der Waals surface area contributed by atoms with E-state index in [-0.39, 0.29) is 17.9 Å². The first-order valence-electron chi connectivity index (χ1n) is 11.0. The first kappa shape index (κ1) is 21.1. The summed E-state index contributed by atoms with van der Waals surface area (Å²) in [6.45, 7) is 6.34. The fourth-order valence-electron chi connectivity index (χ4n) is 4.89. The van der Waals surface area contributed by atoms with Crippen LogP contribution < -0.4 is 5.32 Å². The van der Waals surface area contributed by atoms with Gasteiger partial charge in [0.15, 0.2) is 0 Å². The van der Waals surface area contributed by atoms with Crippen molar-refractivity contribution in [3.8, 4) is 0 Å². The smallest absolute Gasteiger partial charge is 0.254 e. The third-order valence-corrected chi connectivity index (χ3v) is 7.33. The molecule has 160 valence electrons. The van der Waals surface area contributed by atoms with Crippen LogP contribution >= 0.6 is 11.3 Å². The van der Waals surface area contributed by atoms with Gasteiger partial charge < -0.3 is 15.1 Å². The molecule has 1 saturated heterocycles. The van der Waals surface area contributed by atoms with Gasteiger partial charge in [0.2, 0.25) is 5.91 Å². The highest BCUT2D eigenvalue weighted by Crippen LogP contribution is 2.43. The monoisotopic (exact) mass is 425 g/mol. The lowest BCUT2D eigenvalue weighted by molar-refractivity contribution is -0.124. The number of likely N-dealkylation sites (tertiary alicyclic amines) is 1. The Balaban J connectivity index is 1.47. The highest BCUT2D eigenvalue weighted by atomic mass is 32.1. The van der Waals surface area contributed by atoms with Gasteiger partial charge >= 0.3 is 0 Å². The lowest BCUT2D eigenvalue weighted by Crippen LogP contribution is -2.45. The van der Waals surface area contributed by atoms with Crippen molar-refractivity contribution in [2.75, 3.05) is 33.2 Å². The number of carbonyl (C=O) groups excluding carboxylic acids is 2. The summed E-state index contributed by atoms with van der Waals surface area (Å²) in [5, 5.41) is 5.18. The van der Waals surface area contributed by atoms with E-state index in [9.17, 15) is 9.59 Å². The minimum absolute atomic E-state index is 0.00668. The second-order valence-electron chi connectivity index (χ2n) is 8.63. The molecule has 2 aliphatic rings. The number of rotatable bonds is 6. The summed E-state index contributed by atoms with van der Waals surface area (Å²) in [6, 6.07) is 11.3. The first-order valence-corrected chi connectivity index (χ1v) is 11.8. The van der Waals surface area contributed by atoms with E-state index in [1.54, 1.807) is 23.3 Å². The summed E-state index contributed by atoms with van der Waals surface area (Å²) in [6.07, 6.45) is 3.55. The van der Waals surface area contributed by atoms with Gasteiger partial charge in [-0.1, -0.05) is 31.2 Å². The molecule has 1 aromatic heterocycles. The van der Waals surface area contributed by atoms with E-state index in [1.807, 2.05) is 41.8 Å². The van der Waals surface area contributed by atoms with Crippen LogP contribution in [0.5, 0.6) is 0 Å². The van der Waals surface area contributed by atoms with Crippen molar-refractivity contribution in [3.05, 3.63) is 57.8 Å². The average molecular weight is 426 g/mol. The van der Waals surface area contributed by atoms with Crippen LogP contribution in [0.3, 0.4) is 0 Å². The van der Waals surface area contributed by atoms with E-state index in [0.717, 1.165) is 35.9 Å². The first-order chi connectivity index (χ1) is 14.6. The Kier molecular flexibility index (Phi) is 6.54. The molecule has 0 aliphatic carbocycles. The fourth-order valence-corrected chi connectivity index (χ4v) is 5.79. The zero-order chi connectivity index (χ0) is 21.1. The Bertz CT molecular complexity index is 882. The molecule has 2 amide bonds. The molecule has 30 heavy (non-hydrogen) atoms. The van der Waals surface area contributed by atoms with Crippen LogP contribution in [-0.2, 0) is 4.79 Å². The average Bonchev–Trinajstić information content (AvgIpc) is 3.28. The van der Waals surface area contributed by atoms with Gasteiger partial charge in [-0.25, -0.2) is 0 Å². The molecule has 5 nitrogen and oxygen atoms in total. The van der Waals surface area contributed by atoms with Gasteiger partial charge in [0.25, 0.3) is 5.91 Å². The Morgan fingerprint density at radius 3 is 2.83 bits per heavy atom. The normalized spacial score (nSPS) is 24.5. The van der Waals surface area contributed by atoms with Crippen molar-refractivity contribution < 1.29 is 9.59 Å². The number of hydrogen-bond donors (Lipinski definition) is 1. The second kappa shape index (κ2) is 9.31. The number of nitrogens with one attached hydrogen (secondary N) is 1. The number of piperidine rings is 1. The third-order valence-electron chi connectivity index (χ3n) is 6.39. The Labute approximate surface area is 183 Å². The van der Waals surface area contributed by atoms with Crippen molar-refractivity contribution in [1.82, 2.24) is 15.1 Å². The Morgan fingerprint density at radius 1 is 1.23 bits per heavy atom. The van der Waals surface area contributed by atoms with Crippen LogP contribution in [0.4, 0.5) is 0 Å². The van der Waals surface area contributed by atoms with E-state index in [1.165, 1.54) is 19.4 Å².